The van der Waals surface area contributed by atoms with E-state index in [-0.39, 0.29) is 18.4 Å². The Morgan fingerprint density at radius 1 is 1.17 bits per heavy atom. The zero-order valence-corrected chi connectivity index (χ0v) is 14.6. The average molecular weight is 350 g/mol. The number of halogens is 1. The summed E-state index contributed by atoms with van der Waals surface area (Å²) in [6.07, 6.45) is 0. The van der Waals surface area contributed by atoms with Crippen LogP contribution in [0.2, 0.25) is 5.02 Å². The van der Waals surface area contributed by atoms with E-state index in [0.717, 1.165) is 0 Å². The Morgan fingerprint density at radius 2 is 1.83 bits per heavy atom. The van der Waals surface area contributed by atoms with Gasteiger partial charge >= 0.3 is 0 Å². The van der Waals surface area contributed by atoms with Gasteiger partial charge in [-0.15, -0.1) is 0 Å². The average Bonchev–Trinajstić information content (AvgIpc) is 2.48. The molecule has 0 aliphatic heterocycles. The zero-order valence-electron chi connectivity index (χ0n) is 13.8. The van der Waals surface area contributed by atoms with Gasteiger partial charge in [0.2, 0.25) is 17.8 Å². The van der Waals surface area contributed by atoms with Crippen molar-refractivity contribution in [3.8, 4) is 0 Å². The second-order valence-electron chi connectivity index (χ2n) is 5.53. The predicted octanol–water partition coefficient (Wildman–Crippen LogP) is 1.24. The largest absolute Gasteiger partial charge is 0.368 e. The van der Waals surface area contributed by atoms with Crippen molar-refractivity contribution in [1.29, 1.82) is 0 Å². The summed E-state index contributed by atoms with van der Waals surface area (Å²) in [4.78, 5) is 28.0. The number of hydrogen-bond donors (Lipinski definition) is 2. The van der Waals surface area contributed by atoms with Gasteiger partial charge in [-0.1, -0.05) is 11.6 Å². The van der Waals surface area contributed by atoms with E-state index in [4.69, 9.17) is 17.3 Å². The zero-order chi connectivity index (χ0) is 17.7. The third-order valence-electron chi connectivity index (χ3n) is 3.04. The van der Waals surface area contributed by atoms with Crippen molar-refractivity contribution in [2.75, 3.05) is 43.6 Å². The van der Waals surface area contributed by atoms with E-state index in [2.05, 4.69) is 20.3 Å². The molecule has 8 nitrogen and oxygen atoms in total. The van der Waals surface area contributed by atoms with E-state index in [1.54, 1.807) is 41.1 Å². The van der Waals surface area contributed by atoms with Crippen LogP contribution in [-0.2, 0) is 11.3 Å². The first-order chi connectivity index (χ1) is 11.3. The Balaban J connectivity index is 1.94. The van der Waals surface area contributed by atoms with Gasteiger partial charge in [-0.3, -0.25) is 9.69 Å². The molecule has 2 rings (SSSR count). The highest BCUT2D eigenvalue weighted by Crippen LogP contribution is 2.13. The Hall–Kier alpha value is -2.45. The lowest BCUT2D eigenvalue weighted by Crippen LogP contribution is -2.30. The van der Waals surface area contributed by atoms with E-state index in [1.807, 2.05) is 14.1 Å². The summed E-state index contributed by atoms with van der Waals surface area (Å²) in [6, 6.07) is 6.93. The first kappa shape index (κ1) is 17.9. The molecule has 24 heavy (non-hydrogen) atoms. The van der Waals surface area contributed by atoms with Gasteiger partial charge in [-0.25, -0.2) is 0 Å². The van der Waals surface area contributed by atoms with Crippen molar-refractivity contribution in [3.63, 3.8) is 0 Å². The Kier molecular flexibility index (Phi) is 5.88. The molecule has 0 saturated carbocycles. The fourth-order valence-electron chi connectivity index (χ4n) is 1.97. The molecule has 1 heterocycles. The lowest BCUT2D eigenvalue weighted by molar-refractivity contribution is -0.117. The van der Waals surface area contributed by atoms with Gasteiger partial charge in [0.15, 0.2) is 0 Å². The smallest absolute Gasteiger partial charge is 0.238 e. The SMILES string of the molecule is CN(CC(=O)Nc1ccc(Cl)cc1)Cc1nc(N)nc(N(C)C)n1. The summed E-state index contributed by atoms with van der Waals surface area (Å²) in [5.74, 6) is 1.00. The standard InChI is InChI=1S/C15H20ClN7O/c1-22(2)15-20-12(19-14(17)21-15)8-23(3)9-13(24)18-11-6-4-10(16)5-7-11/h4-7H,8-9H2,1-3H3,(H,18,24)(H2,17,19,20,21). The molecule has 0 atom stereocenters. The number of benzene rings is 1. The first-order valence-electron chi connectivity index (χ1n) is 7.25. The number of carbonyl (C=O) groups excluding carboxylic acids is 1. The molecular formula is C15H20ClN7O. The number of likely N-dealkylation sites (N-methyl/N-ethyl adjacent to an activating group) is 1. The molecule has 9 heteroatoms. The van der Waals surface area contributed by atoms with Crippen LogP contribution in [0.4, 0.5) is 17.6 Å². The number of aromatic nitrogens is 3. The minimum absolute atomic E-state index is 0.144. The number of nitrogens with two attached hydrogens (primary N) is 1. The van der Waals surface area contributed by atoms with E-state index >= 15 is 0 Å². The number of nitrogen functional groups attached to an aromatic ring is 1. The number of nitrogens with one attached hydrogen (secondary N) is 1. The second-order valence-corrected chi connectivity index (χ2v) is 5.97. The minimum Gasteiger partial charge on any atom is -0.368 e. The molecule has 0 fully saturated rings. The van der Waals surface area contributed by atoms with E-state index in [1.165, 1.54) is 0 Å². The first-order valence-corrected chi connectivity index (χ1v) is 7.63. The lowest BCUT2D eigenvalue weighted by Gasteiger charge is -2.17. The maximum atomic E-state index is 12.1. The molecule has 1 aromatic carbocycles. The maximum absolute atomic E-state index is 12.1. The maximum Gasteiger partial charge on any atom is 0.238 e. The van der Waals surface area contributed by atoms with Crippen molar-refractivity contribution < 1.29 is 4.79 Å². The van der Waals surface area contributed by atoms with E-state index < -0.39 is 0 Å². The Morgan fingerprint density at radius 3 is 2.46 bits per heavy atom. The van der Waals surface area contributed by atoms with Crippen LogP contribution in [-0.4, -0.2) is 53.4 Å². The fraction of sp³-hybridized carbons (Fsp3) is 0.333. The number of rotatable bonds is 6. The van der Waals surface area contributed by atoms with Crippen LogP contribution in [0, 0.1) is 0 Å². The van der Waals surface area contributed by atoms with Crippen LogP contribution in [0.3, 0.4) is 0 Å². The van der Waals surface area contributed by atoms with E-state index in [0.29, 0.717) is 29.0 Å². The van der Waals surface area contributed by atoms with Crippen LogP contribution < -0.4 is 16.0 Å². The highest BCUT2D eigenvalue weighted by atomic mass is 35.5. The van der Waals surface area contributed by atoms with Crippen molar-refractivity contribution in [2.24, 2.45) is 0 Å². The van der Waals surface area contributed by atoms with Gasteiger partial charge in [-0.05, 0) is 31.3 Å². The van der Waals surface area contributed by atoms with Gasteiger partial charge in [0.25, 0.3) is 0 Å². The van der Waals surface area contributed by atoms with Crippen LogP contribution in [0.1, 0.15) is 5.82 Å². The topological polar surface area (TPSA) is 100 Å². The summed E-state index contributed by atoms with van der Waals surface area (Å²) >= 11 is 5.82. The lowest BCUT2D eigenvalue weighted by atomic mass is 10.3. The third-order valence-corrected chi connectivity index (χ3v) is 3.29. The normalized spacial score (nSPS) is 10.7. The van der Waals surface area contributed by atoms with Gasteiger partial charge in [0.05, 0.1) is 13.1 Å². The van der Waals surface area contributed by atoms with Gasteiger partial charge in [0, 0.05) is 24.8 Å². The molecule has 0 radical (unpaired) electrons. The summed E-state index contributed by atoms with van der Waals surface area (Å²) in [7, 11) is 5.44. The number of anilines is 3. The van der Waals surface area contributed by atoms with Crippen LogP contribution in [0.25, 0.3) is 0 Å². The van der Waals surface area contributed by atoms with Gasteiger partial charge in [0.1, 0.15) is 5.82 Å². The van der Waals surface area contributed by atoms with Crippen molar-refractivity contribution in [1.82, 2.24) is 19.9 Å². The Labute approximate surface area is 145 Å². The Bertz CT molecular complexity index is 705. The number of nitrogens with zero attached hydrogens (tertiary/aromatic N) is 5. The highest BCUT2D eigenvalue weighted by molar-refractivity contribution is 6.30. The van der Waals surface area contributed by atoms with Crippen LogP contribution >= 0.6 is 11.6 Å². The number of carbonyl (C=O) groups is 1. The summed E-state index contributed by atoms with van der Waals surface area (Å²) in [5.41, 5.74) is 6.38. The summed E-state index contributed by atoms with van der Waals surface area (Å²) < 4.78 is 0. The van der Waals surface area contributed by atoms with Crippen LogP contribution in [0.15, 0.2) is 24.3 Å². The summed E-state index contributed by atoms with van der Waals surface area (Å²) in [5, 5.41) is 3.42. The van der Waals surface area contributed by atoms with Crippen molar-refractivity contribution in [2.45, 2.75) is 6.54 Å². The number of amides is 1. The minimum atomic E-state index is -0.144. The van der Waals surface area contributed by atoms with Crippen molar-refractivity contribution >= 4 is 35.1 Å². The van der Waals surface area contributed by atoms with Crippen LogP contribution in [0.5, 0.6) is 0 Å². The second kappa shape index (κ2) is 7.89. The molecule has 0 aliphatic carbocycles. The monoisotopic (exact) mass is 349 g/mol. The molecule has 1 aromatic heterocycles. The molecule has 128 valence electrons. The third kappa shape index (κ3) is 5.32. The molecule has 1 amide bonds. The molecule has 0 unspecified atom stereocenters. The molecule has 0 spiro atoms. The van der Waals surface area contributed by atoms with E-state index in [9.17, 15) is 4.79 Å². The van der Waals surface area contributed by atoms with Crippen molar-refractivity contribution in [3.05, 3.63) is 35.1 Å². The quantitative estimate of drug-likeness (QED) is 0.809. The highest BCUT2D eigenvalue weighted by Gasteiger charge is 2.11. The molecule has 0 aliphatic rings. The predicted molar refractivity (Wildman–Crippen MR) is 95.0 cm³/mol. The molecule has 0 saturated heterocycles. The van der Waals surface area contributed by atoms with Gasteiger partial charge < -0.3 is 16.0 Å². The fourth-order valence-corrected chi connectivity index (χ4v) is 2.10. The number of hydrogen-bond acceptors (Lipinski definition) is 7. The molecule has 2 aromatic rings. The summed E-state index contributed by atoms with van der Waals surface area (Å²) in [6.45, 7) is 0.563. The molecule has 3 N–H and O–H groups in total. The molecular weight excluding hydrogens is 330 g/mol. The molecule has 0 bridgehead atoms. The van der Waals surface area contributed by atoms with Gasteiger partial charge in [-0.2, -0.15) is 15.0 Å².